The van der Waals surface area contributed by atoms with Gasteiger partial charge in [-0.25, -0.2) is 4.98 Å². The summed E-state index contributed by atoms with van der Waals surface area (Å²) < 4.78 is 1.97. The number of aryl methyl sites for hydroxylation is 2. The molecule has 1 aromatic heterocycles. The minimum absolute atomic E-state index is 0.295. The van der Waals surface area contributed by atoms with E-state index in [1.54, 1.807) is 0 Å². The Morgan fingerprint density at radius 2 is 2.29 bits per heavy atom. The molecule has 0 aliphatic heterocycles. The van der Waals surface area contributed by atoms with Gasteiger partial charge in [-0.1, -0.05) is 12.1 Å². The molecule has 2 rings (SSSR count). The van der Waals surface area contributed by atoms with E-state index in [4.69, 9.17) is 17.3 Å². The minimum atomic E-state index is -0.319. The number of primary amides is 1. The molecule has 0 saturated carbocycles. The van der Waals surface area contributed by atoms with Gasteiger partial charge in [-0.15, -0.1) is 11.6 Å². The lowest BCUT2D eigenvalue weighted by molar-refractivity contribution is -0.118. The van der Waals surface area contributed by atoms with Crippen LogP contribution in [0.5, 0.6) is 0 Å². The van der Waals surface area contributed by atoms with E-state index >= 15 is 0 Å². The highest BCUT2D eigenvalue weighted by Crippen LogP contribution is 2.21. The third kappa shape index (κ3) is 2.26. The average Bonchev–Trinajstić information content (AvgIpc) is 2.65. The number of hydrogen-bond acceptors (Lipinski definition) is 2. The normalized spacial score (nSPS) is 10.9. The van der Waals surface area contributed by atoms with Gasteiger partial charge in [0.2, 0.25) is 5.91 Å². The number of benzene rings is 1. The van der Waals surface area contributed by atoms with Gasteiger partial charge in [-0.05, 0) is 18.6 Å². The van der Waals surface area contributed by atoms with Crippen LogP contribution in [0.2, 0.25) is 0 Å². The Bertz CT molecular complexity index is 562. The van der Waals surface area contributed by atoms with Crippen LogP contribution in [0.4, 0.5) is 0 Å². The van der Waals surface area contributed by atoms with Crippen molar-refractivity contribution >= 4 is 28.5 Å². The number of rotatable bonds is 4. The monoisotopic (exact) mass is 251 g/mol. The molecule has 1 heterocycles. The number of carbonyl (C=O) groups excluding carboxylic acids is 1. The quantitative estimate of drug-likeness (QED) is 0.845. The second-order valence-electron chi connectivity index (χ2n) is 3.97. The van der Waals surface area contributed by atoms with E-state index in [1.807, 2.05) is 29.7 Å². The lowest BCUT2D eigenvalue weighted by Crippen LogP contribution is -2.15. The predicted molar refractivity (Wildman–Crippen MR) is 67.8 cm³/mol. The molecule has 17 heavy (non-hydrogen) atoms. The van der Waals surface area contributed by atoms with Gasteiger partial charge in [0.1, 0.15) is 5.82 Å². The van der Waals surface area contributed by atoms with E-state index in [1.165, 1.54) is 0 Å². The van der Waals surface area contributed by atoms with Crippen molar-refractivity contribution in [2.45, 2.75) is 25.8 Å². The number of nitrogens with two attached hydrogens (primary N) is 1. The van der Waals surface area contributed by atoms with Gasteiger partial charge in [0.15, 0.2) is 0 Å². The number of carbonyl (C=O) groups is 1. The van der Waals surface area contributed by atoms with E-state index in [0.717, 1.165) is 22.4 Å². The first-order valence-corrected chi connectivity index (χ1v) is 5.96. The summed E-state index contributed by atoms with van der Waals surface area (Å²) >= 11 is 5.87. The Hall–Kier alpha value is -1.55. The summed E-state index contributed by atoms with van der Waals surface area (Å²) in [4.78, 5) is 15.3. The maximum absolute atomic E-state index is 10.9. The Balaban J connectivity index is 2.53. The molecule has 4 nitrogen and oxygen atoms in total. The van der Waals surface area contributed by atoms with Crippen LogP contribution in [0.25, 0.3) is 11.0 Å². The number of amides is 1. The van der Waals surface area contributed by atoms with Crippen LogP contribution in [0, 0.1) is 6.92 Å². The van der Waals surface area contributed by atoms with Crippen LogP contribution in [0.15, 0.2) is 18.2 Å². The first kappa shape index (κ1) is 11.9. The largest absolute Gasteiger partial charge is 0.370 e. The molecule has 0 unspecified atom stereocenters. The molecule has 0 aliphatic rings. The molecule has 0 aliphatic carbocycles. The molecule has 0 atom stereocenters. The summed E-state index contributed by atoms with van der Waals surface area (Å²) in [5, 5.41) is 0. The Labute approximate surface area is 104 Å². The van der Waals surface area contributed by atoms with Crippen LogP contribution in [-0.2, 0) is 17.2 Å². The molecular weight excluding hydrogens is 238 g/mol. The lowest BCUT2D eigenvalue weighted by Gasteiger charge is -2.07. The molecule has 1 aromatic carbocycles. The van der Waals surface area contributed by atoms with Gasteiger partial charge in [0, 0.05) is 13.0 Å². The fourth-order valence-electron chi connectivity index (χ4n) is 1.98. The van der Waals surface area contributed by atoms with Gasteiger partial charge >= 0.3 is 0 Å². The van der Waals surface area contributed by atoms with E-state index < -0.39 is 0 Å². The lowest BCUT2D eigenvalue weighted by atomic mass is 10.2. The fourth-order valence-corrected chi connectivity index (χ4v) is 2.18. The van der Waals surface area contributed by atoms with Crippen molar-refractivity contribution in [3.05, 3.63) is 29.6 Å². The zero-order chi connectivity index (χ0) is 12.4. The van der Waals surface area contributed by atoms with Crippen LogP contribution in [0.1, 0.15) is 17.8 Å². The summed E-state index contributed by atoms with van der Waals surface area (Å²) in [6.07, 6.45) is 0.295. The highest BCUT2D eigenvalue weighted by atomic mass is 35.5. The van der Waals surface area contributed by atoms with Crippen molar-refractivity contribution in [2.24, 2.45) is 5.73 Å². The zero-order valence-electron chi connectivity index (χ0n) is 9.61. The summed E-state index contributed by atoms with van der Waals surface area (Å²) in [5.74, 6) is 0.783. The molecule has 0 radical (unpaired) electrons. The third-order valence-electron chi connectivity index (χ3n) is 2.75. The molecule has 0 bridgehead atoms. The highest BCUT2D eigenvalue weighted by molar-refractivity contribution is 6.16. The number of para-hydroxylation sites is 1. The molecule has 0 saturated heterocycles. The summed E-state index contributed by atoms with van der Waals surface area (Å²) in [5.41, 5.74) is 8.24. The number of alkyl halides is 1. The molecule has 5 heteroatoms. The summed E-state index contributed by atoms with van der Waals surface area (Å²) in [7, 11) is 0. The van der Waals surface area contributed by atoms with Crippen molar-refractivity contribution in [1.29, 1.82) is 0 Å². The Morgan fingerprint density at radius 3 is 2.94 bits per heavy atom. The first-order chi connectivity index (χ1) is 8.13. The van der Waals surface area contributed by atoms with Crippen LogP contribution in [0.3, 0.4) is 0 Å². The van der Waals surface area contributed by atoms with E-state index in [-0.39, 0.29) is 5.91 Å². The molecular formula is C12H14ClN3O. The standard InChI is InChI=1S/C12H14ClN3O/c1-8-3-2-4-9-12(8)16(6-5-10(14)17)11(7-13)15-9/h2-4H,5-7H2,1H3,(H2,14,17). The summed E-state index contributed by atoms with van der Waals surface area (Å²) in [6, 6.07) is 5.92. The molecule has 1 amide bonds. The van der Waals surface area contributed by atoms with Crippen molar-refractivity contribution in [3.8, 4) is 0 Å². The maximum Gasteiger partial charge on any atom is 0.219 e. The first-order valence-electron chi connectivity index (χ1n) is 5.42. The van der Waals surface area contributed by atoms with Crippen molar-refractivity contribution < 1.29 is 4.79 Å². The predicted octanol–water partition coefficient (Wildman–Crippen LogP) is 1.96. The van der Waals surface area contributed by atoms with Crippen LogP contribution < -0.4 is 5.73 Å². The molecule has 2 N–H and O–H groups in total. The molecule has 90 valence electrons. The van der Waals surface area contributed by atoms with E-state index in [2.05, 4.69) is 4.98 Å². The average molecular weight is 252 g/mol. The van der Waals surface area contributed by atoms with Crippen molar-refractivity contribution in [3.63, 3.8) is 0 Å². The van der Waals surface area contributed by atoms with E-state index in [0.29, 0.717) is 18.8 Å². The maximum atomic E-state index is 10.9. The second kappa shape index (κ2) is 4.75. The van der Waals surface area contributed by atoms with E-state index in [9.17, 15) is 4.79 Å². The van der Waals surface area contributed by atoms with Gasteiger partial charge in [0.25, 0.3) is 0 Å². The number of halogens is 1. The second-order valence-corrected chi connectivity index (χ2v) is 4.24. The van der Waals surface area contributed by atoms with Crippen LogP contribution >= 0.6 is 11.6 Å². The van der Waals surface area contributed by atoms with Crippen molar-refractivity contribution in [2.75, 3.05) is 0 Å². The molecule has 2 aromatic rings. The number of nitrogens with zero attached hydrogens (tertiary/aromatic N) is 2. The van der Waals surface area contributed by atoms with Gasteiger partial charge in [-0.3, -0.25) is 4.79 Å². The molecule has 0 fully saturated rings. The zero-order valence-corrected chi connectivity index (χ0v) is 10.4. The topological polar surface area (TPSA) is 60.9 Å². The molecule has 0 spiro atoms. The van der Waals surface area contributed by atoms with Crippen molar-refractivity contribution in [1.82, 2.24) is 9.55 Å². The smallest absolute Gasteiger partial charge is 0.219 e. The third-order valence-corrected chi connectivity index (χ3v) is 2.99. The SMILES string of the molecule is Cc1cccc2nc(CCl)n(CCC(N)=O)c12. The Kier molecular flexibility index (Phi) is 3.33. The number of fused-ring (bicyclic) bond motifs is 1. The highest BCUT2D eigenvalue weighted by Gasteiger charge is 2.11. The van der Waals surface area contributed by atoms with Crippen LogP contribution in [-0.4, -0.2) is 15.5 Å². The van der Waals surface area contributed by atoms with Gasteiger partial charge < -0.3 is 10.3 Å². The minimum Gasteiger partial charge on any atom is -0.370 e. The van der Waals surface area contributed by atoms with Gasteiger partial charge in [-0.2, -0.15) is 0 Å². The Morgan fingerprint density at radius 1 is 1.53 bits per heavy atom. The number of hydrogen-bond donors (Lipinski definition) is 1. The summed E-state index contributed by atoms with van der Waals surface area (Å²) in [6.45, 7) is 2.54. The number of aromatic nitrogens is 2. The number of imidazole rings is 1. The fraction of sp³-hybridized carbons (Fsp3) is 0.333. The van der Waals surface area contributed by atoms with Gasteiger partial charge in [0.05, 0.1) is 16.9 Å².